The van der Waals surface area contributed by atoms with Gasteiger partial charge in [0, 0.05) is 5.56 Å². The lowest BCUT2D eigenvalue weighted by Crippen LogP contribution is -2.45. The molecule has 0 aromatic heterocycles. The van der Waals surface area contributed by atoms with Crippen molar-refractivity contribution in [1.82, 2.24) is 5.32 Å². The fourth-order valence-corrected chi connectivity index (χ4v) is 0.940. The lowest BCUT2D eigenvalue weighted by molar-refractivity contribution is -0.307. The van der Waals surface area contributed by atoms with Crippen molar-refractivity contribution in [3.05, 3.63) is 35.6 Å². The van der Waals surface area contributed by atoms with Crippen LogP contribution in [0.15, 0.2) is 24.3 Å². The Kier molecular flexibility index (Phi) is 3.38. The van der Waals surface area contributed by atoms with E-state index in [1.165, 1.54) is 19.1 Å². The second-order valence-electron chi connectivity index (χ2n) is 3.02. The van der Waals surface area contributed by atoms with E-state index in [-0.39, 0.29) is 5.56 Å². The Balaban J connectivity index is 2.69. The standard InChI is InChI=1S/C10H10FNO3/c1-6(10(14)15)12-9(13)7-2-4-8(11)5-3-7/h2-6H,1H3,(H,12,13)(H,14,15)/p-1/t6-/m0/s1. The number of hydrogen-bond donors (Lipinski definition) is 1. The van der Waals surface area contributed by atoms with Crippen LogP contribution in [0.1, 0.15) is 17.3 Å². The first kappa shape index (κ1) is 11.2. The highest BCUT2D eigenvalue weighted by Gasteiger charge is 2.09. The van der Waals surface area contributed by atoms with Crippen LogP contribution < -0.4 is 10.4 Å². The maximum absolute atomic E-state index is 12.5. The first-order valence-electron chi connectivity index (χ1n) is 4.28. The molecule has 0 radical (unpaired) electrons. The number of carbonyl (C=O) groups is 2. The van der Waals surface area contributed by atoms with Crippen LogP contribution in [0, 0.1) is 5.82 Å². The Labute approximate surface area is 85.7 Å². The highest BCUT2D eigenvalue weighted by Crippen LogP contribution is 2.02. The Bertz CT molecular complexity index is 375. The highest BCUT2D eigenvalue weighted by molar-refractivity contribution is 5.96. The summed E-state index contributed by atoms with van der Waals surface area (Å²) in [6, 6.07) is 3.71. The minimum absolute atomic E-state index is 0.199. The largest absolute Gasteiger partial charge is 0.548 e. The van der Waals surface area contributed by atoms with Gasteiger partial charge in [0.15, 0.2) is 0 Å². The number of amides is 1. The SMILES string of the molecule is C[C@H](NC(=O)c1ccc(F)cc1)C(=O)[O-]. The summed E-state index contributed by atoms with van der Waals surface area (Å²) in [5.74, 6) is -2.41. The van der Waals surface area contributed by atoms with Crippen molar-refractivity contribution in [2.75, 3.05) is 0 Å². The number of nitrogens with one attached hydrogen (secondary N) is 1. The van der Waals surface area contributed by atoms with E-state index in [0.717, 1.165) is 12.1 Å². The molecular weight excluding hydrogens is 201 g/mol. The zero-order chi connectivity index (χ0) is 11.4. The minimum atomic E-state index is -1.37. The van der Waals surface area contributed by atoms with Crippen LogP contribution in [0.25, 0.3) is 0 Å². The van der Waals surface area contributed by atoms with E-state index in [0.29, 0.717) is 0 Å². The van der Waals surface area contributed by atoms with E-state index >= 15 is 0 Å². The van der Waals surface area contributed by atoms with Crippen LogP contribution in [0.3, 0.4) is 0 Å². The molecule has 1 aromatic carbocycles. The molecule has 1 rings (SSSR count). The van der Waals surface area contributed by atoms with Crippen LogP contribution in [-0.4, -0.2) is 17.9 Å². The molecule has 1 N–H and O–H groups in total. The molecule has 0 aliphatic heterocycles. The monoisotopic (exact) mass is 210 g/mol. The lowest BCUT2D eigenvalue weighted by Gasteiger charge is -2.14. The highest BCUT2D eigenvalue weighted by atomic mass is 19.1. The molecule has 5 heteroatoms. The van der Waals surface area contributed by atoms with Crippen LogP contribution in [-0.2, 0) is 4.79 Å². The van der Waals surface area contributed by atoms with Crippen molar-refractivity contribution >= 4 is 11.9 Å². The lowest BCUT2D eigenvalue weighted by atomic mass is 10.2. The van der Waals surface area contributed by atoms with Gasteiger partial charge in [0.1, 0.15) is 5.82 Å². The number of carbonyl (C=O) groups excluding carboxylic acids is 2. The molecule has 15 heavy (non-hydrogen) atoms. The number of aliphatic carboxylic acids is 1. The van der Waals surface area contributed by atoms with Crippen molar-refractivity contribution in [3.8, 4) is 0 Å². The van der Waals surface area contributed by atoms with Gasteiger partial charge in [-0.25, -0.2) is 4.39 Å². The van der Waals surface area contributed by atoms with Gasteiger partial charge in [-0.05, 0) is 31.2 Å². The molecule has 0 heterocycles. The Morgan fingerprint density at radius 3 is 2.33 bits per heavy atom. The van der Waals surface area contributed by atoms with Crippen LogP contribution in [0.2, 0.25) is 0 Å². The van der Waals surface area contributed by atoms with Crippen molar-refractivity contribution in [2.24, 2.45) is 0 Å². The molecule has 1 aromatic rings. The van der Waals surface area contributed by atoms with Gasteiger partial charge in [-0.3, -0.25) is 4.79 Å². The van der Waals surface area contributed by atoms with E-state index in [4.69, 9.17) is 0 Å². The van der Waals surface area contributed by atoms with Crippen molar-refractivity contribution in [2.45, 2.75) is 13.0 Å². The molecule has 0 aliphatic carbocycles. The fourth-order valence-electron chi connectivity index (χ4n) is 0.940. The third kappa shape index (κ3) is 3.05. The summed E-state index contributed by atoms with van der Waals surface area (Å²) in [5.41, 5.74) is 0.199. The predicted molar refractivity (Wildman–Crippen MR) is 48.3 cm³/mol. The molecule has 0 saturated carbocycles. The zero-order valence-electron chi connectivity index (χ0n) is 7.99. The molecular formula is C10H9FNO3-. The first-order chi connectivity index (χ1) is 7.00. The maximum Gasteiger partial charge on any atom is 0.251 e. The van der Waals surface area contributed by atoms with E-state index in [2.05, 4.69) is 5.32 Å². The van der Waals surface area contributed by atoms with Crippen molar-refractivity contribution in [1.29, 1.82) is 0 Å². The average Bonchev–Trinajstić information content (AvgIpc) is 2.18. The Hall–Kier alpha value is -1.91. The van der Waals surface area contributed by atoms with Gasteiger partial charge in [0.2, 0.25) is 0 Å². The quantitative estimate of drug-likeness (QED) is 0.744. The Morgan fingerprint density at radius 1 is 1.33 bits per heavy atom. The van der Waals surface area contributed by atoms with Crippen molar-refractivity contribution in [3.63, 3.8) is 0 Å². The first-order valence-corrected chi connectivity index (χ1v) is 4.28. The topological polar surface area (TPSA) is 69.2 Å². The second kappa shape index (κ2) is 4.54. The summed E-state index contributed by atoms with van der Waals surface area (Å²) in [7, 11) is 0. The van der Waals surface area contributed by atoms with Gasteiger partial charge >= 0.3 is 0 Å². The third-order valence-electron chi connectivity index (χ3n) is 1.81. The summed E-state index contributed by atoms with van der Waals surface area (Å²) in [4.78, 5) is 21.7. The van der Waals surface area contributed by atoms with Gasteiger partial charge in [-0.15, -0.1) is 0 Å². The Morgan fingerprint density at radius 2 is 1.87 bits per heavy atom. The van der Waals surface area contributed by atoms with E-state index in [1.807, 2.05) is 0 Å². The maximum atomic E-state index is 12.5. The predicted octanol–water partition coefficient (Wildman–Crippen LogP) is -0.306. The van der Waals surface area contributed by atoms with Crippen LogP contribution in [0.4, 0.5) is 4.39 Å². The van der Waals surface area contributed by atoms with E-state index in [9.17, 15) is 19.1 Å². The number of rotatable bonds is 3. The molecule has 1 amide bonds. The summed E-state index contributed by atoms with van der Waals surface area (Å²) < 4.78 is 12.5. The van der Waals surface area contributed by atoms with Crippen LogP contribution >= 0.6 is 0 Å². The fraction of sp³-hybridized carbons (Fsp3) is 0.200. The zero-order valence-corrected chi connectivity index (χ0v) is 7.99. The molecule has 0 saturated heterocycles. The van der Waals surface area contributed by atoms with Gasteiger partial charge in [0.05, 0.1) is 12.0 Å². The number of carboxylic acids is 1. The molecule has 0 fully saturated rings. The molecule has 1 atom stereocenters. The molecule has 80 valence electrons. The number of benzene rings is 1. The summed E-state index contributed by atoms with van der Waals surface area (Å²) >= 11 is 0. The van der Waals surface area contributed by atoms with E-state index < -0.39 is 23.7 Å². The smallest absolute Gasteiger partial charge is 0.251 e. The van der Waals surface area contributed by atoms with Gasteiger partial charge < -0.3 is 15.2 Å². The third-order valence-corrected chi connectivity index (χ3v) is 1.81. The summed E-state index contributed by atoms with van der Waals surface area (Å²) in [5, 5.41) is 12.5. The van der Waals surface area contributed by atoms with E-state index in [1.54, 1.807) is 0 Å². The number of hydrogen-bond acceptors (Lipinski definition) is 3. The van der Waals surface area contributed by atoms with Crippen LogP contribution in [0.5, 0.6) is 0 Å². The molecule has 0 unspecified atom stereocenters. The molecule has 4 nitrogen and oxygen atoms in total. The average molecular weight is 210 g/mol. The summed E-state index contributed by atoms with van der Waals surface area (Å²) in [6.07, 6.45) is 0. The number of carboxylic acid groups (broad SMARTS) is 1. The van der Waals surface area contributed by atoms with Crippen molar-refractivity contribution < 1.29 is 19.1 Å². The van der Waals surface area contributed by atoms with Gasteiger partial charge in [-0.2, -0.15) is 0 Å². The minimum Gasteiger partial charge on any atom is -0.548 e. The number of halogens is 1. The molecule has 0 bridgehead atoms. The normalized spacial score (nSPS) is 11.9. The molecule has 0 aliphatic rings. The van der Waals surface area contributed by atoms with Gasteiger partial charge in [-0.1, -0.05) is 0 Å². The summed E-state index contributed by atoms with van der Waals surface area (Å²) in [6.45, 7) is 1.29. The van der Waals surface area contributed by atoms with Gasteiger partial charge in [0.25, 0.3) is 5.91 Å². The molecule has 0 spiro atoms. The second-order valence-corrected chi connectivity index (χ2v) is 3.02.